The molecule has 2 rings (SSSR count). The maximum Gasteiger partial charge on any atom is 0.346 e. The molecular formula is C14H14N4O. The number of aromatic nitrogens is 3. The lowest BCUT2D eigenvalue weighted by atomic mass is 10.1. The standard InChI is InChI=1S/C14H14N4O/c1-3-8-17-11(2)16-18(14(17)19)10-13-6-4-12(9-15)5-7-13/h3-7H,1,8,10H2,2H3. The van der Waals surface area contributed by atoms with Gasteiger partial charge in [0.05, 0.1) is 18.2 Å². The molecule has 0 aliphatic heterocycles. The van der Waals surface area contributed by atoms with E-state index < -0.39 is 0 Å². The lowest BCUT2D eigenvalue weighted by Gasteiger charge is -2.00. The predicted octanol–water partition coefficient (Wildman–Crippen LogP) is 1.46. The molecule has 0 aliphatic rings. The fourth-order valence-corrected chi connectivity index (χ4v) is 1.85. The van der Waals surface area contributed by atoms with Gasteiger partial charge in [0.1, 0.15) is 5.82 Å². The molecule has 96 valence electrons. The second-order valence-corrected chi connectivity index (χ2v) is 4.20. The summed E-state index contributed by atoms with van der Waals surface area (Å²) in [6.45, 7) is 6.27. The highest BCUT2D eigenvalue weighted by molar-refractivity contribution is 5.31. The van der Waals surface area contributed by atoms with E-state index in [2.05, 4.69) is 17.7 Å². The van der Waals surface area contributed by atoms with Crippen molar-refractivity contribution >= 4 is 0 Å². The van der Waals surface area contributed by atoms with Gasteiger partial charge in [-0.25, -0.2) is 9.48 Å². The third kappa shape index (κ3) is 2.63. The second-order valence-electron chi connectivity index (χ2n) is 4.20. The molecule has 0 spiro atoms. The van der Waals surface area contributed by atoms with Crippen molar-refractivity contribution in [3.05, 3.63) is 64.4 Å². The number of nitrogens with zero attached hydrogens (tertiary/aromatic N) is 4. The Labute approximate surface area is 111 Å². The molecule has 2 aromatic rings. The predicted molar refractivity (Wildman–Crippen MR) is 71.7 cm³/mol. The van der Waals surface area contributed by atoms with Crippen LogP contribution in [0.3, 0.4) is 0 Å². The Hall–Kier alpha value is -2.61. The summed E-state index contributed by atoms with van der Waals surface area (Å²) in [7, 11) is 0. The Morgan fingerprint density at radius 3 is 2.68 bits per heavy atom. The Kier molecular flexibility index (Phi) is 3.62. The van der Waals surface area contributed by atoms with Gasteiger partial charge in [0.25, 0.3) is 0 Å². The average Bonchev–Trinajstić information content (AvgIpc) is 2.68. The Morgan fingerprint density at radius 2 is 2.11 bits per heavy atom. The molecule has 0 N–H and O–H groups in total. The molecule has 5 heteroatoms. The van der Waals surface area contributed by atoms with Crippen molar-refractivity contribution in [1.29, 1.82) is 5.26 Å². The highest BCUT2D eigenvalue weighted by Gasteiger charge is 2.08. The zero-order chi connectivity index (χ0) is 13.8. The Morgan fingerprint density at radius 1 is 1.42 bits per heavy atom. The van der Waals surface area contributed by atoms with E-state index in [1.807, 2.05) is 12.1 Å². The van der Waals surface area contributed by atoms with Crippen LogP contribution in [0.5, 0.6) is 0 Å². The minimum absolute atomic E-state index is 0.151. The average molecular weight is 254 g/mol. The summed E-state index contributed by atoms with van der Waals surface area (Å²) in [5.41, 5.74) is 1.38. The van der Waals surface area contributed by atoms with Crippen LogP contribution in [0.1, 0.15) is 17.0 Å². The summed E-state index contributed by atoms with van der Waals surface area (Å²) in [6, 6.07) is 9.17. The van der Waals surface area contributed by atoms with Gasteiger partial charge in [-0.2, -0.15) is 10.4 Å². The van der Waals surface area contributed by atoms with Gasteiger partial charge in [0, 0.05) is 6.54 Å². The van der Waals surface area contributed by atoms with Gasteiger partial charge in [-0.15, -0.1) is 6.58 Å². The topological polar surface area (TPSA) is 63.6 Å². The summed E-state index contributed by atoms with van der Waals surface area (Å²) in [6.07, 6.45) is 1.67. The van der Waals surface area contributed by atoms with Crippen LogP contribution in [0, 0.1) is 18.3 Å². The van der Waals surface area contributed by atoms with Gasteiger partial charge in [0.15, 0.2) is 0 Å². The first-order chi connectivity index (χ1) is 9.15. The van der Waals surface area contributed by atoms with Gasteiger partial charge in [-0.3, -0.25) is 4.57 Å². The Bertz CT molecular complexity index is 686. The van der Waals surface area contributed by atoms with Gasteiger partial charge >= 0.3 is 5.69 Å². The number of aryl methyl sites for hydroxylation is 1. The van der Waals surface area contributed by atoms with E-state index >= 15 is 0 Å². The number of hydrogen-bond acceptors (Lipinski definition) is 3. The van der Waals surface area contributed by atoms with E-state index in [4.69, 9.17) is 5.26 Å². The van der Waals surface area contributed by atoms with Crippen LogP contribution in [0.2, 0.25) is 0 Å². The molecule has 5 nitrogen and oxygen atoms in total. The van der Waals surface area contributed by atoms with E-state index in [0.29, 0.717) is 24.5 Å². The van der Waals surface area contributed by atoms with E-state index in [9.17, 15) is 4.79 Å². The van der Waals surface area contributed by atoms with E-state index in [-0.39, 0.29) is 5.69 Å². The van der Waals surface area contributed by atoms with E-state index in [0.717, 1.165) is 5.56 Å². The summed E-state index contributed by atoms with van der Waals surface area (Å²) in [4.78, 5) is 12.1. The first-order valence-corrected chi connectivity index (χ1v) is 5.90. The number of benzene rings is 1. The summed E-state index contributed by atoms with van der Waals surface area (Å²) < 4.78 is 2.98. The van der Waals surface area contributed by atoms with Crippen LogP contribution in [-0.2, 0) is 13.1 Å². The van der Waals surface area contributed by atoms with Crippen molar-refractivity contribution in [3.8, 4) is 6.07 Å². The zero-order valence-electron chi connectivity index (χ0n) is 10.7. The third-order valence-corrected chi connectivity index (χ3v) is 2.83. The zero-order valence-corrected chi connectivity index (χ0v) is 10.7. The molecule has 1 aromatic heterocycles. The van der Waals surface area contributed by atoms with Crippen LogP contribution in [0.4, 0.5) is 0 Å². The van der Waals surface area contributed by atoms with Crippen LogP contribution < -0.4 is 5.69 Å². The molecule has 0 radical (unpaired) electrons. The number of allylic oxidation sites excluding steroid dienone is 1. The molecule has 0 atom stereocenters. The molecule has 0 unspecified atom stereocenters. The second kappa shape index (κ2) is 5.36. The first-order valence-electron chi connectivity index (χ1n) is 5.90. The fraction of sp³-hybridized carbons (Fsp3) is 0.214. The molecule has 1 heterocycles. The number of rotatable bonds is 4. The van der Waals surface area contributed by atoms with Crippen LogP contribution in [0.15, 0.2) is 41.7 Å². The van der Waals surface area contributed by atoms with Crippen molar-refractivity contribution in [2.75, 3.05) is 0 Å². The molecule has 0 fully saturated rings. The SMILES string of the molecule is C=CCn1c(C)nn(Cc2ccc(C#N)cc2)c1=O. The Balaban J connectivity index is 2.28. The molecule has 0 amide bonds. The minimum Gasteiger partial charge on any atom is -0.275 e. The van der Waals surface area contributed by atoms with Gasteiger partial charge < -0.3 is 0 Å². The smallest absolute Gasteiger partial charge is 0.275 e. The summed E-state index contributed by atoms with van der Waals surface area (Å²) in [5, 5.41) is 13.0. The third-order valence-electron chi connectivity index (χ3n) is 2.83. The van der Waals surface area contributed by atoms with Crippen molar-refractivity contribution < 1.29 is 0 Å². The van der Waals surface area contributed by atoms with Crippen molar-refractivity contribution in [2.24, 2.45) is 0 Å². The van der Waals surface area contributed by atoms with Crippen LogP contribution in [-0.4, -0.2) is 14.3 Å². The molecular weight excluding hydrogens is 240 g/mol. The lowest BCUT2D eigenvalue weighted by molar-refractivity contribution is 0.639. The van der Waals surface area contributed by atoms with E-state index in [1.54, 1.807) is 29.7 Å². The van der Waals surface area contributed by atoms with Crippen LogP contribution in [0.25, 0.3) is 0 Å². The van der Waals surface area contributed by atoms with Crippen molar-refractivity contribution in [3.63, 3.8) is 0 Å². The number of nitriles is 1. The minimum atomic E-state index is -0.151. The first kappa shape index (κ1) is 12.8. The fourth-order valence-electron chi connectivity index (χ4n) is 1.85. The molecule has 0 saturated heterocycles. The van der Waals surface area contributed by atoms with Crippen molar-refractivity contribution in [1.82, 2.24) is 14.3 Å². The van der Waals surface area contributed by atoms with Gasteiger partial charge in [-0.1, -0.05) is 18.2 Å². The monoisotopic (exact) mass is 254 g/mol. The summed E-state index contributed by atoms with van der Waals surface area (Å²) in [5.74, 6) is 0.665. The van der Waals surface area contributed by atoms with Crippen LogP contribution >= 0.6 is 0 Å². The highest BCUT2D eigenvalue weighted by atomic mass is 16.2. The number of hydrogen-bond donors (Lipinski definition) is 0. The summed E-state index contributed by atoms with van der Waals surface area (Å²) >= 11 is 0. The maximum atomic E-state index is 12.1. The maximum absolute atomic E-state index is 12.1. The normalized spacial score (nSPS) is 10.1. The van der Waals surface area contributed by atoms with Crippen molar-refractivity contribution in [2.45, 2.75) is 20.0 Å². The van der Waals surface area contributed by atoms with Gasteiger partial charge in [-0.05, 0) is 24.6 Å². The highest BCUT2D eigenvalue weighted by Crippen LogP contribution is 2.04. The van der Waals surface area contributed by atoms with Gasteiger partial charge in [0.2, 0.25) is 0 Å². The van der Waals surface area contributed by atoms with E-state index in [1.165, 1.54) is 4.68 Å². The molecule has 0 saturated carbocycles. The lowest BCUT2D eigenvalue weighted by Crippen LogP contribution is -2.25. The molecule has 1 aromatic carbocycles. The molecule has 19 heavy (non-hydrogen) atoms. The molecule has 0 aliphatic carbocycles. The quantitative estimate of drug-likeness (QED) is 0.776. The molecule has 0 bridgehead atoms. The largest absolute Gasteiger partial charge is 0.346 e.